The highest BCUT2D eigenvalue weighted by atomic mass is 16.5. The lowest BCUT2D eigenvalue weighted by Crippen LogP contribution is -2.15. The van der Waals surface area contributed by atoms with Crippen molar-refractivity contribution in [1.82, 2.24) is 10.1 Å². The third kappa shape index (κ3) is 1.81. The Bertz CT molecular complexity index is 652. The second-order valence-electron chi connectivity index (χ2n) is 5.75. The predicted molar refractivity (Wildman–Crippen MR) is 74.1 cm³/mol. The first kappa shape index (κ1) is 11.9. The number of hydrogen-bond donors (Lipinski definition) is 1. The maximum absolute atomic E-state index is 5.93. The molecule has 0 radical (unpaired) electrons. The normalized spacial score (nSPS) is 28.1. The molecule has 20 heavy (non-hydrogen) atoms. The van der Waals surface area contributed by atoms with Gasteiger partial charge in [0, 0.05) is 11.3 Å². The molecule has 5 nitrogen and oxygen atoms in total. The molecular weight excluding hydrogens is 254 g/mol. The van der Waals surface area contributed by atoms with Crippen LogP contribution in [0.5, 0.6) is 0 Å². The fourth-order valence-corrected chi connectivity index (χ4v) is 3.19. The van der Waals surface area contributed by atoms with E-state index in [-0.39, 0.29) is 12.0 Å². The minimum Gasteiger partial charge on any atom is -0.398 e. The van der Waals surface area contributed by atoms with Crippen LogP contribution >= 0.6 is 0 Å². The molecule has 104 valence electrons. The van der Waals surface area contributed by atoms with Crippen molar-refractivity contribution in [1.29, 1.82) is 0 Å². The highest BCUT2D eigenvalue weighted by Gasteiger charge is 2.43. The second-order valence-corrected chi connectivity index (χ2v) is 5.75. The molecule has 1 aromatic carbocycles. The number of benzene rings is 1. The van der Waals surface area contributed by atoms with Crippen LogP contribution in [0.1, 0.15) is 36.6 Å². The Labute approximate surface area is 117 Å². The second kappa shape index (κ2) is 4.31. The number of fused-ring (bicyclic) bond motifs is 2. The zero-order chi connectivity index (χ0) is 13.7. The zero-order valence-electron chi connectivity index (χ0n) is 11.4. The van der Waals surface area contributed by atoms with Gasteiger partial charge in [0.15, 0.2) is 5.82 Å². The molecule has 3 unspecified atom stereocenters. The number of nitrogens with two attached hydrogens (primary N) is 1. The lowest BCUT2D eigenvalue weighted by atomic mass is 9.89. The van der Waals surface area contributed by atoms with E-state index in [1.165, 1.54) is 6.42 Å². The number of aryl methyl sites for hydroxylation is 1. The Morgan fingerprint density at radius 3 is 2.90 bits per heavy atom. The fourth-order valence-electron chi connectivity index (χ4n) is 3.19. The third-order valence-electron chi connectivity index (χ3n) is 4.41. The molecule has 2 aromatic rings. The van der Waals surface area contributed by atoms with Gasteiger partial charge in [-0.15, -0.1) is 0 Å². The predicted octanol–water partition coefficient (Wildman–Crippen LogP) is 2.66. The third-order valence-corrected chi connectivity index (χ3v) is 4.41. The van der Waals surface area contributed by atoms with Crippen molar-refractivity contribution in [2.24, 2.45) is 0 Å². The summed E-state index contributed by atoms with van der Waals surface area (Å²) in [7, 11) is 0. The molecule has 2 fully saturated rings. The van der Waals surface area contributed by atoms with Crippen LogP contribution in [0.15, 0.2) is 22.7 Å². The van der Waals surface area contributed by atoms with Crippen molar-refractivity contribution in [2.75, 3.05) is 5.73 Å². The summed E-state index contributed by atoms with van der Waals surface area (Å²) in [6.07, 6.45) is 3.95. The first-order valence-electron chi connectivity index (χ1n) is 7.06. The number of ether oxygens (including phenoxy) is 1. The Balaban J connectivity index is 1.63. The van der Waals surface area contributed by atoms with Gasteiger partial charge in [-0.3, -0.25) is 0 Å². The molecule has 2 aliphatic rings. The molecule has 5 heteroatoms. The average molecular weight is 271 g/mol. The van der Waals surface area contributed by atoms with Crippen molar-refractivity contribution in [3.05, 3.63) is 29.6 Å². The van der Waals surface area contributed by atoms with Gasteiger partial charge in [-0.2, -0.15) is 4.98 Å². The summed E-state index contributed by atoms with van der Waals surface area (Å²) in [5.74, 6) is 1.59. The summed E-state index contributed by atoms with van der Waals surface area (Å²) < 4.78 is 11.2. The van der Waals surface area contributed by atoms with Crippen LogP contribution in [0.25, 0.3) is 11.5 Å². The summed E-state index contributed by atoms with van der Waals surface area (Å²) in [5, 5.41) is 4.14. The smallest absolute Gasteiger partial charge is 0.258 e. The summed E-state index contributed by atoms with van der Waals surface area (Å²) in [6.45, 7) is 1.98. The number of rotatable bonds is 2. The van der Waals surface area contributed by atoms with E-state index in [2.05, 4.69) is 10.1 Å². The lowest BCUT2D eigenvalue weighted by Gasteiger charge is -2.13. The lowest BCUT2D eigenvalue weighted by molar-refractivity contribution is 0.0996. The number of anilines is 1. The molecule has 3 atom stereocenters. The van der Waals surface area contributed by atoms with Gasteiger partial charge in [0.1, 0.15) is 0 Å². The van der Waals surface area contributed by atoms with E-state index >= 15 is 0 Å². The topological polar surface area (TPSA) is 74.2 Å². The summed E-state index contributed by atoms with van der Waals surface area (Å²) in [6, 6.07) is 5.80. The molecule has 0 saturated carbocycles. The summed E-state index contributed by atoms with van der Waals surface area (Å²) >= 11 is 0. The maximum atomic E-state index is 5.93. The Hall–Kier alpha value is -1.88. The standard InChI is InChI=1S/C15H17N3O2/c1-8-2-3-9(6-12(8)16)15-17-14(18-20-15)11-7-10-4-5-13(11)19-10/h2-3,6,10-11,13H,4-5,7,16H2,1H3. The maximum Gasteiger partial charge on any atom is 0.258 e. The van der Waals surface area contributed by atoms with Gasteiger partial charge in [0.2, 0.25) is 0 Å². The quantitative estimate of drug-likeness (QED) is 0.850. The zero-order valence-corrected chi connectivity index (χ0v) is 11.4. The molecule has 0 spiro atoms. The molecular formula is C15H17N3O2. The van der Waals surface area contributed by atoms with Gasteiger partial charge in [-0.1, -0.05) is 11.2 Å². The Morgan fingerprint density at radius 1 is 1.30 bits per heavy atom. The highest BCUT2D eigenvalue weighted by molar-refractivity contribution is 5.62. The molecule has 2 bridgehead atoms. The first-order chi connectivity index (χ1) is 9.70. The molecule has 0 aliphatic carbocycles. The molecule has 4 rings (SSSR count). The number of hydrogen-bond acceptors (Lipinski definition) is 5. The van der Waals surface area contributed by atoms with Crippen LogP contribution in [-0.4, -0.2) is 22.3 Å². The van der Waals surface area contributed by atoms with Gasteiger partial charge in [-0.05, 0) is 43.9 Å². The van der Waals surface area contributed by atoms with E-state index in [4.69, 9.17) is 15.0 Å². The number of nitrogens with zero attached hydrogens (tertiary/aromatic N) is 2. The van der Waals surface area contributed by atoms with Crippen LogP contribution in [0.3, 0.4) is 0 Å². The van der Waals surface area contributed by atoms with Gasteiger partial charge in [0.25, 0.3) is 5.89 Å². The van der Waals surface area contributed by atoms with E-state index in [1.54, 1.807) is 0 Å². The number of nitrogen functional groups attached to an aromatic ring is 1. The van der Waals surface area contributed by atoms with Crippen LogP contribution in [-0.2, 0) is 4.74 Å². The van der Waals surface area contributed by atoms with Crippen molar-refractivity contribution in [2.45, 2.75) is 44.3 Å². The van der Waals surface area contributed by atoms with Gasteiger partial charge in [0.05, 0.1) is 18.1 Å². The largest absolute Gasteiger partial charge is 0.398 e. The van der Waals surface area contributed by atoms with Gasteiger partial charge >= 0.3 is 0 Å². The number of aromatic nitrogens is 2. The van der Waals surface area contributed by atoms with Gasteiger partial charge in [-0.25, -0.2) is 0 Å². The summed E-state index contributed by atoms with van der Waals surface area (Å²) in [5.41, 5.74) is 8.59. The Kier molecular flexibility index (Phi) is 2.57. The Morgan fingerprint density at radius 2 is 2.20 bits per heavy atom. The molecule has 2 saturated heterocycles. The highest BCUT2D eigenvalue weighted by Crippen LogP contribution is 2.43. The van der Waals surface area contributed by atoms with E-state index in [0.29, 0.717) is 12.0 Å². The van der Waals surface area contributed by atoms with Gasteiger partial charge < -0.3 is 15.0 Å². The molecule has 0 amide bonds. The SMILES string of the molecule is Cc1ccc(-c2nc(C3CC4CCC3O4)no2)cc1N. The van der Waals surface area contributed by atoms with E-state index in [0.717, 1.165) is 35.5 Å². The van der Waals surface area contributed by atoms with Crippen molar-refractivity contribution < 1.29 is 9.26 Å². The average Bonchev–Trinajstić information content (AvgIpc) is 3.16. The van der Waals surface area contributed by atoms with Crippen LogP contribution in [0.2, 0.25) is 0 Å². The van der Waals surface area contributed by atoms with Crippen molar-refractivity contribution in [3.63, 3.8) is 0 Å². The monoisotopic (exact) mass is 271 g/mol. The van der Waals surface area contributed by atoms with E-state index in [9.17, 15) is 0 Å². The van der Waals surface area contributed by atoms with Crippen LogP contribution in [0, 0.1) is 6.92 Å². The van der Waals surface area contributed by atoms with E-state index in [1.807, 2.05) is 25.1 Å². The molecule has 2 aliphatic heterocycles. The molecule has 2 N–H and O–H groups in total. The van der Waals surface area contributed by atoms with Crippen molar-refractivity contribution >= 4 is 5.69 Å². The van der Waals surface area contributed by atoms with Crippen LogP contribution < -0.4 is 5.73 Å². The first-order valence-corrected chi connectivity index (χ1v) is 7.06. The minimum atomic E-state index is 0.272. The van der Waals surface area contributed by atoms with E-state index < -0.39 is 0 Å². The van der Waals surface area contributed by atoms with Crippen molar-refractivity contribution in [3.8, 4) is 11.5 Å². The fraction of sp³-hybridized carbons (Fsp3) is 0.467. The summed E-state index contributed by atoms with van der Waals surface area (Å²) in [4.78, 5) is 4.54. The minimum absolute atomic E-state index is 0.272. The van der Waals surface area contributed by atoms with Crippen LogP contribution in [0.4, 0.5) is 5.69 Å². The molecule has 1 aromatic heterocycles. The molecule has 3 heterocycles.